The van der Waals surface area contributed by atoms with Gasteiger partial charge in [-0.25, -0.2) is 17.9 Å². The Hall–Kier alpha value is -2.46. The SMILES string of the molecule is CNS(=O)(=O)C(COC1CCCCO1)Oc1ccc(C(=O)OCc2ccccc2)cc1. The van der Waals surface area contributed by atoms with Crippen LogP contribution in [0.25, 0.3) is 0 Å². The van der Waals surface area contributed by atoms with Crippen molar-refractivity contribution in [3.8, 4) is 5.75 Å². The van der Waals surface area contributed by atoms with Gasteiger partial charge in [0.2, 0.25) is 5.44 Å². The minimum absolute atomic E-state index is 0.168. The van der Waals surface area contributed by atoms with E-state index in [1.807, 2.05) is 30.3 Å². The van der Waals surface area contributed by atoms with Crippen molar-refractivity contribution in [2.75, 3.05) is 20.3 Å². The van der Waals surface area contributed by atoms with E-state index in [1.54, 1.807) is 0 Å². The highest BCUT2D eigenvalue weighted by Crippen LogP contribution is 2.19. The molecule has 9 heteroatoms. The summed E-state index contributed by atoms with van der Waals surface area (Å²) in [6, 6.07) is 15.5. The lowest BCUT2D eigenvalue weighted by Crippen LogP contribution is -2.41. The highest BCUT2D eigenvalue weighted by atomic mass is 32.2. The van der Waals surface area contributed by atoms with Gasteiger partial charge in [-0.15, -0.1) is 0 Å². The molecule has 168 valence electrons. The first-order valence-corrected chi connectivity index (χ1v) is 11.7. The predicted molar refractivity (Wildman–Crippen MR) is 114 cm³/mol. The van der Waals surface area contributed by atoms with Gasteiger partial charge in [0, 0.05) is 6.61 Å². The van der Waals surface area contributed by atoms with E-state index in [9.17, 15) is 13.2 Å². The van der Waals surface area contributed by atoms with Crippen LogP contribution in [0.2, 0.25) is 0 Å². The molecular weight excluding hydrogens is 422 g/mol. The summed E-state index contributed by atoms with van der Waals surface area (Å²) in [6.07, 6.45) is 2.21. The van der Waals surface area contributed by atoms with Gasteiger partial charge in [-0.2, -0.15) is 0 Å². The maximum atomic E-state index is 12.3. The number of benzene rings is 2. The first-order valence-electron chi connectivity index (χ1n) is 10.1. The van der Waals surface area contributed by atoms with Crippen molar-refractivity contribution in [1.29, 1.82) is 0 Å². The zero-order valence-corrected chi connectivity index (χ0v) is 18.2. The second-order valence-corrected chi connectivity index (χ2v) is 9.04. The largest absolute Gasteiger partial charge is 0.471 e. The van der Waals surface area contributed by atoms with Gasteiger partial charge in [0.05, 0.1) is 5.56 Å². The number of hydrogen-bond acceptors (Lipinski definition) is 7. The summed E-state index contributed by atoms with van der Waals surface area (Å²) in [5.74, 6) is -0.191. The van der Waals surface area contributed by atoms with Crippen molar-refractivity contribution in [1.82, 2.24) is 4.72 Å². The van der Waals surface area contributed by atoms with Gasteiger partial charge < -0.3 is 18.9 Å². The molecular formula is C22H27NO7S. The van der Waals surface area contributed by atoms with Gasteiger partial charge in [0.15, 0.2) is 6.29 Å². The number of sulfonamides is 1. The number of nitrogens with one attached hydrogen (secondary N) is 1. The molecule has 0 saturated carbocycles. The van der Waals surface area contributed by atoms with Crippen LogP contribution in [-0.4, -0.2) is 46.4 Å². The first-order chi connectivity index (χ1) is 15.0. The minimum atomic E-state index is -3.77. The van der Waals surface area contributed by atoms with Gasteiger partial charge in [-0.1, -0.05) is 30.3 Å². The average Bonchev–Trinajstić information content (AvgIpc) is 2.81. The fourth-order valence-corrected chi connectivity index (χ4v) is 3.73. The van der Waals surface area contributed by atoms with E-state index in [4.69, 9.17) is 18.9 Å². The van der Waals surface area contributed by atoms with E-state index in [1.165, 1.54) is 31.3 Å². The molecule has 1 aliphatic heterocycles. The highest BCUT2D eigenvalue weighted by molar-refractivity contribution is 7.90. The lowest BCUT2D eigenvalue weighted by atomic mass is 10.2. The van der Waals surface area contributed by atoms with Gasteiger partial charge in [0.1, 0.15) is 19.0 Å². The minimum Gasteiger partial charge on any atom is -0.471 e. The topological polar surface area (TPSA) is 100 Å². The monoisotopic (exact) mass is 449 g/mol. The molecule has 2 aromatic rings. The second kappa shape index (κ2) is 11.2. The van der Waals surface area contributed by atoms with Gasteiger partial charge >= 0.3 is 5.97 Å². The maximum Gasteiger partial charge on any atom is 0.338 e. The van der Waals surface area contributed by atoms with E-state index in [0.717, 1.165) is 18.4 Å². The van der Waals surface area contributed by atoms with Gasteiger partial charge in [-0.3, -0.25) is 0 Å². The lowest BCUT2D eigenvalue weighted by molar-refractivity contribution is -0.168. The van der Waals surface area contributed by atoms with Crippen molar-refractivity contribution >= 4 is 16.0 Å². The molecule has 1 aliphatic rings. The summed E-state index contributed by atoms with van der Waals surface area (Å²) >= 11 is 0. The fourth-order valence-electron chi connectivity index (χ4n) is 2.97. The van der Waals surface area contributed by atoms with Crippen LogP contribution in [-0.2, 0) is 30.8 Å². The molecule has 0 amide bonds. The van der Waals surface area contributed by atoms with Crippen LogP contribution >= 0.6 is 0 Å². The summed E-state index contributed by atoms with van der Waals surface area (Å²) in [6.45, 7) is 0.576. The van der Waals surface area contributed by atoms with E-state index in [0.29, 0.717) is 18.6 Å². The Balaban J connectivity index is 1.58. The zero-order valence-electron chi connectivity index (χ0n) is 17.4. The Kier molecular flexibility index (Phi) is 8.42. The van der Waals surface area contributed by atoms with Crippen LogP contribution in [0.5, 0.6) is 5.75 Å². The summed E-state index contributed by atoms with van der Waals surface area (Å²) < 4.78 is 49.0. The Bertz CT molecular complexity index is 926. The summed E-state index contributed by atoms with van der Waals surface area (Å²) in [5, 5.41) is 0. The molecule has 2 aromatic carbocycles. The summed E-state index contributed by atoms with van der Waals surface area (Å²) in [7, 11) is -2.46. The molecule has 8 nitrogen and oxygen atoms in total. The van der Waals surface area contributed by atoms with Crippen LogP contribution in [0.15, 0.2) is 54.6 Å². The molecule has 1 heterocycles. The molecule has 3 rings (SSSR count). The molecule has 0 aromatic heterocycles. The first kappa shape index (κ1) is 23.2. The normalized spacial score (nSPS) is 17.6. The number of carbonyl (C=O) groups is 1. The van der Waals surface area contributed by atoms with E-state index in [2.05, 4.69) is 4.72 Å². The molecule has 0 spiro atoms. The molecule has 0 radical (unpaired) electrons. The Morgan fingerprint density at radius 3 is 2.52 bits per heavy atom. The van der Waals surface area contributed by atoms with E-state index in [-0.39, 0.29) is 19.0 Å². The average molecular weight is 450 g/mol. The summed E-state index contributed by atoms with van der Waals surface area (Å²) in [5.41, 5.74) is -0.0417. The van der Waals surface area contributed by atoms with Crippen molar-refractivity contribution in [2.45, 2.75) is 37.6 Å². The molecule has 1 N–H and O–H groups in total. The quantitative estimate of drug-likeness (QED) is 0.557. The number of esters is 1. The maximum absolute atomic E-state index is 12.3. The van der Waals surface area contributed by atoms with Crippen LogP contribution in [0.4, 0.5) is 0 Å². The standard InChI is InChI=1S/C22H27NO7S/c1-23-31(25,26)21(16-28-20-9-5-6-14-27-20)30-19-12-10-18(11-13-19)22(24)29-15-17-7-3-2-4-8-17/h2-4,7-8,10-13,20-21,23H,5-6,9,14-16H2,1H3. The van der Waals surface area contributed by atoms with E-state index < -0.39 is 27.7 Å². The third-order valence-corrected chi connectivity index (χ3v) is 6.25. The van der Waals surface area contributed by atoms with Crippen LogP contribution in [0, 0.1) is 0 Å². The number of rotatable bonds is 10. The van der Waals surface area contributed by atoms with Crippen LogP contribution < -0.4 is 9.46 Å². The third kappa shape index (κ3) is 7.03. The Morgan fingerprint density at radius 1 is 1.13 bits per heavy atom. The van der Waals surface area contributed by atoms with Gasteiger partial charge in [-0.05, 0) is 56.1 Å². The molecule has 2 atom stereocenters. The smallest absolute Gasteiger partial charge is 0.338 e. The predicted octanol–water partition coefficient (Wildman–Crippen LogP) is 2.84. The molecule has 1 saturated heterocycles. The highest BCUT2D eigenvalue weighted by Gasteiger charge is 2.28. The fraction of sp³-hybridized carbons (Fsp3) is 0.409. The Labute approximate surface area is 182 Å². The number of ether oxygens (including phenoxy) is 4. The summed E-state index contributed by atoms with van der Waals surface area (Å²) in [4.78, 5) is 12.2. The second-order valence-electron chi connectivity index (χ2n) is 7.01. The number of carbonyl (C=O) groups excluding carboxylic acids is 1. The zero-order chi connectivity index (χ0) is 22.1. The third-order valence-electron chi connectivity index (χ3n) is 4.76. The Morgan fingerprint density at radius 2 is 1.87 bits per heavy atom. The van der Waals surface area contributed by atoms with Crippen molar-refractivity contribution in [3.05, 3.63) is 65.7 Å². The molecule has 31 heavy (non-hydrogen) atoms. The molecule has 2 unspecified atom stereocenters. The van der Waals surface area contributed by atoms with Gasteiger partial charge in [0.25, 0.3) is 10.0 Å². The lowest BCUT2D eigenvalue weighted by Gasteiger charge is -2.25. The molecule has 0 bridgehead atoms. The van der Waals surface area contributed by atoms with Crippen molar-refractivity contribution < 1.29 is 32.2 Å². The van der Waals surface area contributed by atoms with E-state index >= 15 is 0 Å². The van der Waals surface area contributed by atoms with Crippen LogP contribution in [0.3, 0.4) is 0 Å². The molecule has 1 fully saturated rings. The van der Waals surface area contributed by atoms with Crippen LogP contribution in [0.1, 0.15) is 35.2 Å². The van der Waals surface area contributed by atoms with Crippen molar-refractivity contribution in [2.24, 2.45) is 0 Å². The number of hydrogen-bond donors (Lipinski definition) is 1. The van der Waals surface area contributed by atoms with Crippen molar-refractivity contribution in [3.63, 3.8) is 0 Å². The molecule has 0 aliphatic carbocycles.